The third-order valence-electron chi connectivity index (χ3n) is 9.29. The molecule has 1 saturated heterocycles. The Morgan fingerprint density at radius 3 is 2.23 bits per heavy atom. The number of carbonyl (C=O) groups excluding carboxylic acids is 1. The molecule has 1 aliphatic heterocycles. The van der Waals surface area contributed by atoms with E-state index in [1.165, 1.54) is 55.3 Å². The summed E-state index contributed by atoms with van der Waals surface area (Å²) >= 11 is 0. The Balaban J connectivity index is 1.27. The first kappa shape index (κ1) is 22.9. The van der Waals surface area contributed by atoms with Crippen molar-refractivity contribution in [3.63, 3.8) is 0 Å². The Hall–Kier alpha value is -2.49. The number of benzene rings is 2. The molecule has 7 rings (SSSR count). The van der Waals surface area contributed by atoms with E-state index in [0.29, 0.717) is 13.2 Å². The molecular weight excluding hydrogens is 434 g/mol. The Morgan fingerprint density at radius 1 is 0.943 bits per heavy atom. The van der Waals surface area contributed by atoms with Crippen molar-refractivity contribution in [3.8, 4) is 5.75 Å². The van der Waals surface area contributed by atoms with Crippen LogP contribution in [0.3, 0.4) is 0 Å². The molecule has 0 N–H and O–H groups in total. The summed E-state index contributed by atoms with van der Waals surface area (Å²) in [7, 11) is 0. The summed E-state index contributed by atoms with van der Waals surface area (Å²) in [4.78, 5) is 14.7. The molecule has 0 atom stereocenters. The van der Waals surface area contributed by atoms with Crippen molar-refractivity contribution >= 4 is 11.7 Å². The van der Waals surface area contributed by atoms with Gasteiger partial charge in [-0.1, -0.05) is 30.3 Å². The summed E-state index contributed by atoms with van der Waals surface area (Å²) in [5.41, 5.74) is 4.25. The highest BCUT2D eigenvalue weighted by Crippen LogP contribution is 2.62. The van der Waals surface area contributed by atoms with E-state index in [1.54, 1.807) is 0 Å². The lowest BCUT2D eigenvalue weighted by Crippen LogP contribution is -2.48. The predicted octanol–water partition coefficient (Wildman–Crippen LogP) is 6.51. The topological polar surface area (TPSA) is 38.8 Å². The van der Waals surface area contributed by atoms with E-state index < -0.39 is 0 Å². The van der Waals surface area contributed by atoms with Crippen LogP contribution in [0.5, 0.6) is 5.75 Å². The molecule has 2 aromatic carbocycles. The number of ether oxygens (including phenoxy) is 2. The van der Waals surface area contributed by atoms with Gasteiger partial charge in [0.2, 0.25) is 0 Å². The summed E-state index contributed by atoms with van der Waals surface area (Å²) in [5, 5.41) is 0. The second-order valence-electron chi connectivity index (χ2n) is 11.7. The summed E-state index contributed by atoms with van der Waals surface area (Å²) < 4.78 is 11.8. The quantitative estimate of drug-likeness (QED) is 0.430. The second kappa shape index (κ2) is 9.52. The minimum atomic E-state index is -0.0222. The monoisotopic (exact) mass is 473 g/mol. The first-order valence-electron chi connectivity index (χ1n) is 13.8. The fraction of sp³-hybridized carbons (Fsp3) is 0.581. The minimum Gasteiger partial charge on any atom is -0.489 e. The molecule has 0 unspecified atom stereocenters. The average Bonchev–Trinajstić information content (AvgIpc) is 2.87. The van der Waals surface area contributed by atoms with Crippen LogP contribution in [0.25, 0.3) is 0 Å². The standard InChI is InChI=1S/C31H39NO3/c1-2-34-30(33)26-10-12-32(13-11-26)27-8-9-29(35-21-22-6-4-3-5-7-22)28(17-27)31-18-23-14-24(19-31)16-25(15-23)20-31/h3-9,17,23-26H,2,10-16,18-21H2,1H3. The van der Waals surface area contributed by atoms with Crippen molar-refractivity contribution in [2.45, 2.75) is 70.3 Å². The van der Waals surface area contributed by atoms with Crippen molar-refractivity contribution in [1.82, 2.24) is 0 Å². The van der Waals surface area contributed by atoms with E-state index in [0.717, 1.165) is 49.4 Å². The van der Waals surface area contributed by atoms with E-state index >= 15 is 0 Å². The van der Waals surface area contributed by atoms with Crippen LogP contribution in [-0.2, 0) is 21.6 Å². The molecule has 186 valence electrons. The van der Waals surface area contributed by atoms with Gasteiger partial charge >= 0.3 is 5.97 Å². The van der Waals surface area contributed by atoms with Crippen molar-refractivity contribution in [3.05, 3.63) is 59.7 Å². The maximum atomic E-state index is 12.2. The average molecular weight is 474 g/mol. The van der Waals surface area contributed by atoms with Gasteiger partial charge in [-0.3, -0.25) is 4.79 Å². The highest BCUT2D eigenvalue weighted by atomic mass is 16.5. The van der Waals surface area contributed by atoms with E-state index in [9.17, 15) is 4.79 Å². The molecular formula is C31H39NO3. The lowest BCUT2D eigenvalue weighted by Gasteiger charge is -2.57. The maximum Gasteiger partial charge on any atom is 0.309 e. The number of anilines is 1. The molecule has 0 radical (unpaired) electrons. The first-order chi connectivity index (χ1) is 17.1. The Bertz CT molecular complexity index is 1010. The summed E-state index contributed by atoms with van der Waals surface area (Å²) in [5.74, 6) is 3.79. The van der Waals surface area contributed by atoms with Crippen LogP contribution in [0.4, 0.5) is 5.69 Å². The van der Waals surface area contributed by atoms with E-state index in [2.05, 4.69) is 53.4 Å². The predicted molar refractivity (Wildman–Crippen MR) is 139 cm³/mol. The molecule has 2 aromatic rings. The normalized spacial score (nSPS) is 29.9. The number of esters is 1. The zero-order valence-electron chi connectivity index (χ0n) is 21.1. The molecule has 5 fully saturated rings. The number of hydrogen-bond donors (Lipinski definition) is 0. The van der Waals surface area contributed by atoms with Crippen LogP contribution in [0.2, 0.25) is 0 Å². The van der Waals surface area contributed by atoms with Gasteiger partial charge in [0.1, 0.15) is 12.4 Å². The highest BCUT2D eigenvalue weighted by Gasteiger charge is 2.52. The third-order valence-corrected chi connectivity index (χ3v) is 9.29. The number of piperidine rings is 1. The molecule has 0 amide bonds. The number of rotatable bonds is 7. The van der Waals surface area contributed by atoms with Gasteiger partial charge in [-0.05, 0) is 105 Å². The van der Waals surface area contributed by atoms with E-state index in [1.807, 2.05) is 6.92 Å². The van der Waals surface area contributed by atoms with Crippen molar-refractivity contribution in [2.75, 3.05) is 24.6 Å². The van der Waals surface area contributed by atoms with Crippen LogP contribution < -0.4 is 9.64 Å². The molecule has 5 aliphatic rings. The molecule has 4 heteroatoms. The molecule has 4 saturated carbocycles. The van der Waals surface area contributed by atoms with E-state index in [-0.39, 0.29) is 17.3 Å². The lowest BCUT2D eigenvalue weighted by molar-refractivity contribution is -0.148. The Morgan fingerprint density at radius 2 is 1.60 bits per heavy atom. The van der Waals surface area contributed by atoms with Gasteiger partial charge in [0.05, 0.1) is 12.5 Å². The van der Waals surface area contributed by atoms with Gasteiger partial charge in [0.15, 0.2) is 0 Å². The van der Waals surface area contributed by atoms with Crippen molar-refractivity contribution < 1.29 is 14.3 Å². The van der Waals surface area contributed by atoms with Gasteiger partial charge in [0.25, 0.3) is 0 Å². The summed E-state index contributed by atoms with van der Waals surface area (Å²) in [6.45, 7) is 4.80. The zero-order valence-corrected chi connectivity index (χ0v) is 21.1. The van der Waals surface area contributed by atoms with Crippen LogP contribution in [-0.4, -0.2) is 25.7 Å². The van der Waals surface area contributed by atoms with E-state index in [4.69, 9.17) is 9.47 Å². The van der Waals surface area contributed by atoms with Gasteiger partial charge in [-0.15, -0.1) is 0 Å². The van der Waals surface area contributed by atoms with Crippen LogP contribution in [0, 0.1) is 23.7 Å². The number of hydrogen-bond acceptors (Lipinski definition) is 4. The lowest BCUT2D eigenvalue weighted by atomic mass is 9.48. The zero-order chi connectivity index (χ0) is 23.8. The summed E-state index contributed by atoms with van der Waals surface area (Å²) in [6.07, 6.45) is 10.1. The van der Waals surface area contributed by atoms with Crippen LogP contribution in [0.1, 0.15) is 69.4 Å². The molecule has 4 aliphatic carbocycles. The molecule has 35 heavy (non-hydrogen) atoms. The SMILES string of the molecule is CCOC(=O)C1CCN(c2ccc(OCc3ccccc3)c(C34CC5CC(CC(C5)C3)C4)c2)CC1. The van der Waals surface area contributed by atoms with Crippen LogP contribution >= 0.6 is 0 Å². The fourth-order valence-electron chi connectivity index (χ4n) is 8.06. The largest absolute Gasteiger partial charge is 0.489 e. The molecule has 4 nitrogen and oxygen atoms in total. The molecule has 1 heterocycles. The van der Waals surface area contributed by atoms with Gasteiger partial charge in [-0.2, -0.15) is 0 Å². The molecule has 0 spiro atoms. The van der Waals surface area contributed by atoms with Crippen LogP contribution in [0.15, 0.2) is 48.5 Å². The van der Waals surface area contributed by atoms with Gasteiger partial charge in [0, 0.05) is 24.3 Å². The number of nitrogens with zero attached hydrogens (tertiary/aromatic N) is 1. The third kappa shape index (κ3) is 4.57. The Kier molecular flexibility index (Phi) is 6.24. The van der Waals surface area contributed by atoms with Crippen molar-refractivity contribution in [1.29, 1.82) is 0 Å². The maximum absolute atomic E-state index is 12.2. The smallest absolute Gasteiger partial charge is 0.309 e. The number of carbonyl (C=O) groups is 1. The van der Waals surface area contributed by atoms with Gasteiger partial charge in [-0.25, -0.2) is 0 Å². The highest BCUT2D eigenvalue weighted by molar-refractivity contribution is 5.73. The van der Waals surface area contributed by atoms with Crippen molar-refractivity contribution in [2.24, 2.45) is 23.7 Å². The summed E-state index contributed by atoms with van der Waals surface area (Å²) in [6, 6.07) is 17.5. The fourth-order valence-corrected chi connectivity index (χ4v) is 8.06. The Labute approximate surface area is 210 Å². The molecule has 4 bridgehead atoms. The molecule has 0 aromatic heterocycles. The second-order valence-corrected chi connectivity index (χ2v) is 11.7. The van der Waals surface area contributed by atoms with Gasteiger partial charge < -0.3 is 14.4 Å². The minimum absolute atomic E-state index is 0.0222. The first-order valence-corrected chi connectivity index (χ1v) is 13.8.